The van der Waals surface area contributed by atoms with Crippen molar-refractivity contribution in [1.82, 2.24) is 20.1 Å². The first-order chi connectivity index (χ1) is 9.83. The molecule has 0 saturated heterocycles. The number of nitrogens with one attached hydrogen (secondary N) is 1. The summed E-state index contributed by atoms with van der Waals surface area (Å²) in [6, 6.07) is 0. The number of allylic oxidation sites excluding steroid dienone is 2. The van der Waals surface area contributed by atoms with Crippen LogP contribution in [0.25, 0.3) is 0 Å². The van der Waals surface area contributed by atoms with E-state index in [1.54, 1.807) is 0 Å². The van der Waals surface area contributed by atoms with Crippen molar-refractivity contribution in [3.63, 3.8) is 0 Å². The summed E-state index contributed by atoms with van der Waals surface area (Å²) >= 11 is 0. The summed E-state index contributed by atoms with van der Waals surface area (Å²) in [6.07, 6.45) is 11.8. The van der Waals surface area contributed by atoms with Crippen LogP contribution < -0.4 is 5.32 Å². The van der Waals surface area contributed by atoms with Gasteiger partial charge in [-0.15, -0.1) is 10.2 Å². The maximum absolute atomic E-state index is 11.9. The molecule has 1 aliphatic heterocycles. The van der Waals surface area contributed by atoms with E-state index in [-0.39, 0.29) is 5.91 Å². The fourth-order valence-corrected chi connectivity index (χ4v) is 3.03. The molecule has 1 aromatic rings. The Kier molecular flexibility index (Phi) is 4.14. The quantitative estimate of drug-likeness (QED) is 0.854. The Labute approximate surface area is 119 Å². The van der Waals surface area contributed by atoms with Crippen molar-refractivity contribution < 1.29 is 4.79 Å². The lowest BCUT2D eigenvalue weighted by molar-refractivity contribution is -0.121. The van der Waals surface area contributed by atoms with Gasteiger partial charge in [0.1, 0.15) is 5.82 Å². The number of hydrogen-bond acceptors (Lipinski definition) is 3. The average Bonchev–Trinajstić information content (AvgIpc) is 3.02. The van der Waals surface area contributed by atoms with E-state index in [9.17, 15) is 4.79 Å². The van der Waals surface area contributed by atoms with Crippen LogP contribution in [0.1, 0.15) is 50.2 Å². The van der Waals surface area contributed by atoms with Crippen LogP contribution in [0.3, 0.4) is 0 Å². The molecule has 0 bridgehead atoms. The van der Waals surface area contributed by atoms with Crippen molar-refractivity contribution in [3.05, 3.63) is 23.8 Å². The van der Waals surface area contributed by atoms with Gasteiger partial charge < -0.3 is 9.88 Å². The maximum Gasteiger partial charge on any atom is 0.220 e. The zero-order valence-corrected chi connectivity index (χ0v) is 11.8. The van der Waals surface area contributed by atoms with Crippen LogP contribution in [-0.2, 0) is 24.3 Å². The highest BCUT2D eigenvalue weighted by atomic mass is 16.1. The van der Waals surface area contributed by atoms with Crippen LogP contribution in [0, 0.1) is 5.92 Å². The highest BCUT2D eigenvalue weighted by Crippen LogP contribution is 2.20. The maximum atomic E-state index is 11.9. The Balaban J connectivity index is 1.54. The number of aryl methyl sites for hydroxylation is 1. The number of rotatable bonds is 4. The predicted molar refractivity (Wildman–Crippen MR) is 75.9 cm³/mol. The number of nitrogens with zero attached hydrogens (tertiary/aromatic N) is 3. The number of carbonyl (C=O) groups is 1. The fraction of sp³-hybridized carbons (Fsp3) is 0.667. The average molecular weight is 274 g/mol. The van der Waals surface area contributed by atoms with Crippen LogP contribution in [0.2, 0.25) is 0 Å². The topological polar surface area (TPSA) is 59.8 Å². The van der Waals surface area contributed by atoms with Crippen LogP contribution in [0.5, 0.6) is 0 Å². The summed E-state index contributed by atoms with van der Waals surface area (Å²) in [5.41, 5.74) is 0. The lowest BCUT2D eigenvalue weighted by Crippen LogP contribution is -2.26. The lowest BCUT2D eigenvalue weighted by atomic mass is 10.1. The van der Waals surface area contributed by atoms with E-state index >= 15 is 0 Å². The van der Waals surface area contributed by atoms with E-state index in [4.69, 9.17) is 0 Å². The summed E-state index contributed by atoms with van der Waals surface area (Å²) < 4.78 is 2.18. The van der Waals surface area contributed by atoms with E-state index in [2.05, 4.69) is 32.2 Å². The lowest BCUT2D eigenvalue weighted by Gasteiger charge is -2.10. The first-order valence-corrected chi connectivity index (χ1v) is 7.67. The second-order valence-corrected chi connectivity index (χ2v) is 5.74. The molecule has 5 nitrogen and oxygen atoms in total. The van der Waals surface area contributed by atoms with E-state index in [1.165, 1.54) is 19.3 Å². The molecule has 5 heteroatoms. The van der Waals surface area contributed by atoms with Gasteiger partial charge in [-0.25, -0.2) is 0 Å². The molecular formula is C15H22N4O. The van der Waals surface area contributed by atoms with E-state index < -0.39 is 0 Å². The first kappa shape index (κ1) is 13.3. The Morgan fingerprint density at radius 3 is 3.15 bits per heavy atom. The molecule has 0 aromatic carbocycles. The largest absolute Gasteiger partial charge is 0.349 e. The molecule has 1 unspecified atom stereocenters. The number of hydrogen-bond donors (Lipinski definition) is 1. The molecule has 2 aliphatic rings. The summed E-state index contributed by atoms with van der Waals surface area (Å²) in [6.45, 7) is 1.49. The SMILES string of the molecule is O=C(CC1C=CCC1)NCc1nnc2n1CCCCC2. The minimum atomic E-state index is 0.118. The molecule has 108 valence electrons. The molecule has 1 aliphatic carbocycles. The van der Waals surface area contributed by atoms with Gasteiger partial charge in [-0.2, -0.15) is 0 Å². The van der Waals surface area contributed by atoms with Gasteiger partial charge in [0, 0.05) is 19.4 Å². The Morgan fingerprint density at radius 1 is 1.35 bits per heavy atom. The molecule has 1 N–H and O–H groups in total. The van der Waals surface area contributed by atoms with E-state index in [0.29, 0.717) is 18.9 Å². The molecule has 1 aromatic heterocycles. The van der Waals surface area contributed by atoms with Gasteiger partial charge in [0.05, 0.1) is 6.54 Å². The number of fused-ring (bicyclic) bond motifs is 1. The van der Waals surface area contributed by atoms with Crippen molar-refractivity contribution in [2.75, 3.05) is 0 Å². The van der Waals surface area contributed by atoms with Crippen molar-refractivity contribution in [2.24, 2.45) is 5.92 Å². The second-order valence-electron chi connectivity index (χ2n) is 5.74. The third kappa shape index (κ3) is 3.08. The molecule has 20 heavy (non-hydrogen) atoms. The van der Waals surface area contributed by atoms with E-state index in [0.717, 1.165) is 37.5 Å². The normalized spacial score (nSPS) is 21.5. The molecular weight excluding hydrogens is 252 g/mol. The third-order valence-electron chi connectivity index (χ3n) is 4.19. The van der Waals surface area contributed by atoms with Crippen molar-refractivity contribution >= 4 is 5.91 Å². The Bertz CT molecular complexity index is 506. The van der Waals surface area contributed by atoms with Gasteiger partial charge in [-0.05, 0) is 31.6 Å². The van der Waals surface area contributed by atoms with Gasteiger partial charge in [0.15, 0.2) is 5.82 Å². The fourth-order valence-electron chi connectivity index (χ4n) is 3.03. The number of carbonyl (C=O) groups excluding carboxylic acids is 1. The predicted octanol–water partition coefficient (Wildman–Crippen LogP) is 1.98. The number of aromatic nitrogens is 3. The molecule has 1 atom stereocenters. The Hall–Kier alpha value is -1.65. The van der Waals surface area contributed by atoms with Gasteiger partial charge in [-0.3, -0.25) is 4.79 Å². The van der Waals surface area contributed by atoms with Crippen molar-refractivity contribution in [2.45, 2.75) is 58.0 Å². The standard InChI is InChI=1S/C15H22N4O/c20-15(10-12-6-3-4-7-12)16-11-14-18-17-13-8-2-1-5-9-19(13)14/h3,6,12H,1-2,4-5,7-11H2,(H,16,20). The summed E-state index contributed by atoms with van der Waals surface area (Å²) in [5, 5.41) is 11.5. The van der Waals surface area contributed by atoms with Crippen LogP contribution >= 0.6 is 0 Å². The minimum Gasteiger partial charge on any atom is -0.349 e. The van der Waals surface area contributed by atoms with Gasteiger partial charge >= 0.3 is 0 Å². The van der Waals surface area contributed by atoms with Crippen LogP contribution in [0.4, 0.5) is 0 Å². The van der Waals surface area contributed by atoms with Crippen molar-refractivity contribution in [3.8, 4) is 0 Å². The zero-order valence-electron chi connectivity index (χ0n) is 11.8. The highest BCUT2D eigenvalue weighted by molar-refractivity contribution is 5.76. The smallest absolute Gasteiger partial charge is 0.220 e. The molecule has 0 radical (unpaired) electrons. The molecule has 1 amide bonds. The van der Waals surface area contributed by atoms with Crippen molar-refractivity contribution in [1.29, 1.82) is 0 Å². The van der Waals surface area contributed by atoms with Gasteiger partial charge in [0.2, 0.25) is 5.91 Å². The van der Waals surface area contributed by atoms with Crippen LogP contribution in [-0.4, -0.2) is 20.7 Å². The Morgan fingerprint density at radius 2 is 2.30 bits per heavy atom. The molecule has 2 heterocycles. The molecule has 0 fully saturated rings. The molecule has 0 saturated carbocycles. The van der Waals surface area contributed by atoms with Crippen LogP contribution in [0.15, 0.2) is 12.2 Å². The minimum absolute atomic E-state index is 0.118. The van der Waals surface area contributed by atoms with Gasteiger partial charge in [0.25, 0.3) is 0 Å². The zero-order chi connectivity index (χ0) is 13.8. The summed E-state index contributed by atoms with van der Waals surface area (Å²) in [5.74, 6) is 2.51. The van der Waals surface area contributed by atoms with E-state index in [1.807, 2.05) is 0 Å². The second kappa shape index (κ2) is 6.20. The highest BCUT2D eigenvalue weighted by Gasteiger charge is 2.17. The number of amides is 1. The summed E-state index contributed by atoms with van der Waals surface area (Å²) in [4.78, 5) is 11.9. The monoisotopic (exact) mass is 274 g/mol. The first-order valence-electron chi connectivity index (χ1n) is 7.67. The molecule has 3 rings (SSSR count). The van der Waals surface area contributed by atoms with Gasteiger partial charge in [-0.1, -0.05) is 18.6 Å². The molecule has 0 spiro atoms. The third-order valence-corrected chi connectivity index (χ3v) is 4.19. The summed E-state index contributed by atoms with van der Waals surface area (Å²) in [7, 11) is 0.